The smallest absolute Gasteiger partial charge is 0.346 e. The number of carbonyl (C=O) groups excluding carboxylic acids is 2. The fourth-order valence-electron chi connectivity index (χ4n) is 3.69. The van der Waals surface area contributed by atoms with Crippen molar-refractivity contribution >= 4 is 11.8 Å². The van der Waals surface area contributed by atoms with Gasteiger partial charge in [-0.2, -0.15) is 0 Å². The van der Waals surface area contributed by atoms with E-state index in [9.17, 15) is 14.7 Å². The minimum atomic E-state index is -0.757. The lowest BCUT2D eigenvalue weighted by molar-refractivity contribution is -0.141. The number of aliphatic hydroxyl groups excluding tert-OH is 1. The lowest BCUT2D eigenvalue weighted by atomic mass is 9.90. The average Bonchev–Trinajstić information content (AvgIpc) is 2.99. The Labute approximate surface area is 157 Å². The number of carbonyl (C=O) groups is 2. The lowest BCUT2D eigenvalue weighted by Crippen LogP contribution is -2.43. The van der Waals surface area contributed by atoms with E-state index in [1.807, 2.05) is 54.6 Å². The van der Waals surface area contributed by atoms with Gasteiger partial charge in [-0.15, -0.1) is 0 Å². The predicted octanol–water partition coefficient (Wildman–Crippen LogP) is 2.64. The van der Waals surface area contributed by atoms with Crippen LogP contribution < -0.4 is 5.32 Å². The third-order valence-corrected chi connectivity index (χ3v) is 5.20. The normalized spacial score (nSPS) is 21.7. The van der Waals surface area contributed by atoms with Crippen LogP contribution in [0.25, 0.3) is 0 Å². The third-order valence-electron chi connectivity index (χ3n) is 5.20. The van der Waals surface area contributed by atoms with E-state index in [0.717, 1.165) is 16.7 Å². The molecule has 2 aliphatic heterocycles. The monoisotopic (exact) mass is 363 g/mol. The molecule has 0 spiro atoms. The molecule has 0 saturated carbocycles. The molecule has 2 aromatic carbocycles. The summed E-state index contributed by atoms with van der Waals surface area (Å²) in [5.74, 6) is -1.35. The van der Waals surface area contributed by atoms with Gasteiger partial charge in [0.15, 0.2) is 17.6 Å². The van der Waals surface area contributed by atoms with Gasteiger partial charge >= 0.3 is 5.97 Å². The van der Waals surface area contributed by atoms with Crippen molar-refractivity contribution in [1.29, 1.82) is 0 Å². The Hall–Kier alpha value is -2.92. The zero-order valence-electron chi connectivity index (χ0n) is 14.9. The van der Waals surface area contributed by atoms with Gasteiger partial charge in [0.05, 0.1) is 6.04 Å². The van der Waals surface area contributed by atoms with E-state index in [2.05, 4.69) is 5.32 Å². The van der Waals surface area contributed by atoms with Gasteiger partial charge in [0.1, 0.15) is 5.57 Å². The summed E-state index contributed by atoms with van der Waals surface area (Å²) in [7, 11) is 0. The van der Waals surface area contributed by atoms with Crippen LogP contribution in [0.2, 0.25) is 0 Å². The summed E-state index contributed by atoms with van der Waals surface area (Å²) in [6.07, 6.45) is 0.833. The summed E-state index contributed by atoms with van der Waals surface area (Å²) in [6, 6.07) is 17.1. The van der Waals surface area contributed by atoms with E-state index in [1.54, 1.807) is 0 Å². The fraction of sp³-hybridized carbons (Fsp3) is 0.273. The minimum Gasteiger partial charge on any atom is -0.507 e. The Morgan fingerprint density at radius 1 is 1.07 bits per heavy atom. The zero-order chi connectivity index (χ0) is 18.8. The topological polar surface area (TPSA) is 75.6 Å². The van der Waals surface area contributed by atoms with Crippen molar-refractivity contribution in [2.75, 3.05) is 0 Å². The zero-order valence-corrected chi connectivity index (χ0v) is 14.9. The number of aryl methyl sites for hydroxylation is 1. The number of ether oxygens (including phenoxy) is 1. The highest BCUT2D eigenvalue weighted by molar-refractivity contribution is 6.21. The Bertz CT molecular complexity index is 904. The van der Waals surface area contributed by atoms with Gasteiger partial charge < -0.3 is 15.2 Å². The second-order valence-corrected chi connectivity index (χ2v) is 6.95. The first kappa shape index (κ1) is 17.5. The van der Waals surface area contributed by atoms with Gasteiger partial charge in [0, 0.05) is 6.54 Å². The molecule has 2 atom stereocenters. The van der Waals surface area contributed by atoms with Crippen LogP contribution in [0.4, 0.5) is 0 Å². The van der Waals surface area contributed by atoms with Gasteiger partial charge in [-0.3, -0.25) is 4.79 Å². The summed E-state index contributed by atoms with van der Waals surface area (Å²) in [6.45, 7) is 0.563. The van der Waals surface area contributed by atoms with E-state index >= 15 is 0 Å². The van der Waals surface area contributed by atoms with E-state index < -0.39 is 23.9 Å². The lowest BCUT2D eigenvalue weighted by Gasteiger charge is -2.24. The van der Waals surface area contributed by atoms with Crippen LogP contribution in [0.3, 0.4) is 0 Å². The summed E-state index contributed by atoms with van der Waals surface area (Å²) >= 11 is 0. The maximum atomic E-state index is 12.9. The average molecular weight is 363 g/mol. The molecule has 2 aliphatic rings. The number of Topliss-reactive ketones (excluding diaryl/α,β-unsaturated/α-hetero) is 1. The molecule has 0 saturated heterocycles. The van der Waals surface area contributed by atoms with Crippen LogP contribution >= 0.6 is 0 Å². The second-order valence-electron chi connectivity index (χ2n) is 6.95. The number of aliphatic hydroxyl groups is 1. The molecule has 0 bridgehead atoms. The number of esters is 1. The van der Waals surface area contributed by atoms with Gasteiger partial charge in [-0.25, -0.2) is 4.79 Å². The molecule has 0 unspecified atom stereocenters. The molecule has 0 amide bonds. The summed E-state index contributed by atoms with van der Waals surface area (Å²) < 4.78 is 5.28. The van der Waals surface area contributed by atoms with Crippen LogP contribution in [0, 0.1) is 0 Å². The third kappa shape index (κ3) is 3.51. The molecule has 5 heteroatoms. The molecule has 4 rings (SSSR count). The van der Waals surface area contributed by atoms with Crippen molar-refractivity contribution in [3.8, 4) is 0 Å². The summed E-state index contributed by atoms with van der Waals surface area (Å²) in [5.41, 5.74) is 3.12. The van der Waals surface area contributed by atoms with Gasteiger partial charge in [-0.05, 0) is 36.0 Å². The maximum Gasteiger partial charge on any atom is 0.346 e. The Kier molecular flexibility index (Phi) is 4.77. The number of cyclic esters (lactones) is 1. The fourth-order valence-corrected chi connectivity index (χ4v) is 3.69. The highest BCUT2D eigenvalue weighted by atomic mass is 16.6. The molecule has 2 heterocycles. The molecule has 0 aromatic heterocycles. The number of fused-ring (bicyclic) bond motifs is 1. The molecule has 5 nitrogen and oxygen atoms in total. The van der Waals surface area contributed by atoms with E-state index in [-0.39, 0.29) is 11.3 Å². The van der Waals surface area contributed by atoms with Crippen molar-refractivity contribution in [3.05, 3.63) is 82.6 Å². The first-order valence-corrected chi connectivity index (χ1v) is 9.16. The molecule has 138 valence electrons. The number of hydrogen-bond acceptors (Lipinski definition) is 5. The Morgan fingerprint density at radius 2 is 1.78 bits per heavy atom. The minimum absolute atomic E-state index is 0.204. The predicted molar refractivity (Wildman–Crippen MR) is 100 cm³/mol. The summed E-state index contributed by atoms with van der Waals surface area (Å²) in [5, 5.41) is 13.6. The molecule has 2 N–H and O–H groups in total. The quantitative estimate of drug-likeness (QED) is 0.631. The Balaban J connectivity index is 1.47. The second kappa shape index (κ2) is 7.37. The van der Waals surface area contributed by atoms with Crippen LogP contribution in [0.5, 0.6) is 0 Å². The number of benzene rings is 2. The van der Waals surface area contributed by atoms with Crippen molar-refractivity contribution in [3.63, 3.8) is 0 Å². The molecular formula is C22H21NO4. The van der Waals surface area contributed by atoms with Crippen LogP contribution in [-0.4, -0.2) is 29.0 Å². The van der Waals surface area contributed by atoms with Gasteiger partial charge in [0.2, 0.25) is 0 Å². The van der Waals surface area contributed by atoms with Crippen LogP contribution in [0.1, 0.15) is 23.1 Å². The Morgan fingerprint density at radius 3 is 2.56 bits per heavy atom. The number of ketones is 1. The van der Waals surface area contributed by atoms with Crippen LogP contribution in [0.15, 0.2) is 65.9 Å². The first-order valence-electron chi connectivity index (χ1n) is 9.16. The molecular weight excluding hydrogens is 342 g/mol. The van der Waals surface area contributed by atoms with E-state index in [4.69, 9.17) is 4.74 Å². The maximum absolute atomic E-state index is 12.9. The highest BCUT2D eigenvalue weighted by Gasteiger charge is 2.41. The van der Waals surface area contributed by atoms with E-state index in [1.165, 1.54) is 0 Å². The molecule has 0 radical (unpaired) electrons. The van der Waals surface area contributed by atoms with Crippen molar-refractivity contribution < 1.29 is 19.4 Å². The molecule has 0 aliphatic carbocycles. The number of nitrogens with one attached hydrogen (secondary N) is 1. The first-order chi connectivity index (χ1) is 13.1. The molecule has 0 fully saturated rings. The summed E-state index contributed by atoms with van der Waals surface area (Å²) in [4.78, 5) is 25.1. The number of hydrogen-bond donors (Lipinski definition) is 2. The highest BCUT2D eigenvalue weighted by Crippen LogP contribution is 2.27. The molecule has 2 aromatic rings. The van der Waals surface area contributed by atoms with Crippen molar-refractivity contribution in [1.82, 2.24) is 5.32 Å². The largest absolute Gasteiger partial charge is 0.507 e. The van der Waals surface area contributed by atoms with Gasteiger partial charge in [-0.1, -0.05) is 54.6 Å². The van der Waals surface area contributed by atoms with Gasteiger partial charge in [0.25, 0.3) is 0 Å². The standard InChI is InChI=1S/C22H21NO4/c24-20(17-12-15-8-4-5-9-16(15)13-23-17)19-21(25)18(27-22(19)26)11-10-14-6-2-1-3-7-14/h1-9,17-18,23,25H,10-13H2/t17-,18+/m0/s1. The van der Waals surface area contributed by atoms with Crippen molar-refractivity contribution in [2.24, 2.45) is 0 Å². The number of rotatable bonds is 5. The van der Waals surface area contributed by atoms with Crippen LogP contribution in [-0.2, 0) is 33.7 Å². The van der Waals surface area contributed by atoms with E-state index in [0.29, 0.717) is 25.8 Å². The van der Waals surface area contributed by atoms with Crippen molar-refractivity contribution in [2.45, 2.75) is 38.0 Å². The SMILES string of the molecule is O=C1O[C@H](CCc2ccccc2)C(O)=C1C(=O)[C@@H]1Cc2ccccc2CN1. The molecule has 27 heavy (non-hydrogen) atoms.